The Balaban J connectivity index is 1.53. The number of carbonyl (C=O) groups excluding carboxylic acids is 1. The van der Waals surface area contributed by atoms with Crippen molar-refractivity contribution in [1.82, 2.24) is 9.62 Å². The number of nitrogens with zero attached hydrogens (tertiary/aromatic N) is 1. The summed E-state index contributed by atoms with van der Waals surface area (Å²) in [6, 6.07) is 3.27. The molecule has 0 spiro atoms. The summed E-state index contributed by atoms with van der Waals surface area (Å²) in [6.45, 7) is 3.41. The topological polar surface area (TPSA) is 66.5 Å². The van der Waals surface area contributed by atoms with Crippen molar-refractivity contribution in [2.75, 3.05) is 13.1 Å². The molecule has 1 saturated carbocycles. The van der Waals surface area contributed by atoms with Gasteiger partial charge >= 0.3 is 0 Å². The average Bonchev–Trinajstić information content (AvgIpc) is 2.94. The number of sulfonamides is 1. The first-order valence-corrected chi connectivity index (χ1v) is 9.68. The van der Waals surface area contributed by atoms with E-state index in [0.29, 0.717) is 36.1 Å². The molecule has 1 aliphatic heterocycles. The maximum atomic E-state index is 12.2. The molecule has 2 unspecified atom stereocenters. The van der Waals surface area contributed by atoms with Crippen molar-refractivity contribution < 1.29 is 13.2 Å². The number of rotatable bonds is 4. The van der Waals surface area contributed by atoms with Crippen LogP contribution in [0.1, 0.15) is 26.2 Å². The highest BCUT2D eigenvalue weighted by molar-refractivity contribution is 7.91. The van der Waals surface area contributed by atoms with Crippen LogP contribution in [0.25, 0.3) is 0 Å². The van der Waals surface area contributed by atoms with Gasteiger partial charge in [-0.3, -0.25) is 4.79 Å². The van der Waals surface area contributed by atoms with Gasteiger partial charge in [0, 0.05) is 25.0 Å². The first-order chi connectivity index (χ1) is 9.97. The van der Waals surface area contributed by atoms with E-state index in [0.717, 1.165) is 6.42 Å². The maximum absolute atomic E-state index is 12.2. The van der Waals surface area contributed by atoms with E-state index in [4.69, 9.17) is 0 Å². The summed E-state index contributed by atoms with van der Waals surface area (Å²) in [7, 11) is -3.40. The van der Waals surface area contributed by atoms with Crippen LogP contribution >= 0.6 is 11.3 Å². The normalized spacial score (nSPS) is 26.8. The molecule has 1 aromatic heterocycles. The third-order valence-corrected chi connectivity index (χ3v) is 7.23. The van der Waals surface area contributed by atoms with Crippen LogP contribution in [-0.2, 0) is 14.8 Å². The van der Waals surface area contributed by atoms with Crippen LogP contribution < -0.4 is 4.72 Å². The quantitative estimate of drug-likeness (QED) is 0.914. The molecule has 2 aliphatic rings. The Kier molecular flexibility index (Phi) is 4.07. The van der Waals surface area contributed by atoms with E-state index < -0.39 is 10.0 Å². The van der Waals surface area contributed by atoms with Crippen molar-refractivity contribution in [2.24, 2.45) is 11.8 Å². The monoisotopic (exact) mass is 328 g/mol. The molecule has 0 bridgehead atoms. The Bertz CT molecular complexity index is 604. The van der Waals surface area contributed by atoms with Gasteiger partial charge in [-0.25, -0.2) is 13.1 Å². The molecule has 2 heterocycles. The van der Waals surface area contributed by atoms with E-state index in [1.807, 2.05) is 4.90 Å². The predicted molar refractivity (Wildman–Crippen MR) is 81.5 cm³/mol. The molecule has 1 amide bonds. The van der Waals surface area contributed by atoms with Crippen molar-refractivity contribution >= 4 is 27.3 Å². The van der Waals surface area contributed by atoms with Crippen molar-refractivity contribution in [3.63, 3.8) is 0 Å². The molecule has 1 aromatic rings. The Labute approximate surface area is 129 Å². The Morgan fingerprint density at radius 1 is 1.38 bits per heavy atom. The first kappa shape index (κ1) is 15.0. The van der Waals surface area contributed by atoms with Gasteiger partial charge in [0.1, 0.15) is 4.21 Å². The van der Waals surface area contributed by atoms with Crippen molar-refractivity contribution in [1.29, 1.82) is 0 Å². The van der Waals surface area contributed by atoms with Crippen molar-refractivity contribution in [3.05, 3.63) is 17.5 Å². The summed E-state index contributed by atoms with van der Waals surface area (Å²) in [6.07, 6.45) is 2.39. The molecule has 1 aliphatic carbocycles. The molecular weight excluding hydrogens is 308 g/mol. The highest BCUT2D eigenvalue weighted by atomic mass is 32.2. The highest BCUT2D eigenvalue weighted by Crippen LogP contribution is 2.39. The van der Waals surface area contributed by atoms with E-state index in [2.05, 4.69) is 11.6 Å². The minimum Gasteiger partial charge on any atom is -0.342 e. The third kappa shape index (κ3) is 3.30. The number of hydrogen-bond acceptors (Lipinski definition) is 4. The van der Waals surface area contributed by atoms with Crippen LogP contribution in [0.2, 0.25) is 0 Å². The van der Waals surface area contributed by atoms with Gasteiger partial charge in [0.2, 0.25) is 15.9 Å². The molecule has 3 rings (SSSR count). The number of likely N-dealkylation sites (tertiary alicyclic amines) is 1. The van der Waals surface area contributed by atoms with Crippen molar-refractivity contribution in [2.45, 2.75) is 36.4 Å². The Morgan fingerprint density at radius 3 is 2.57 bits per heavy atom. The summed E-state index contributed by atoms with van der Waals surface area (Å²) < 4.78 is 27.4. The summed E-state index contributed by atoms with van der Waals surface area (Å²) >= 11 is 1.22. The van der Waals surface area contributed by atoms with Gasteiger partial charge in [0.15, 0.2) is 0 Å². The van der Waals surface area contributed by atoms with Gasteiger partial charge in [0.05, 0.1) is 0 Å². The van der Waals surface area contributed by atoms with Crippen LogP contribution in [0.3, 0.4) is 0 Å². The number of nitrogens with one attached hydrogen (secondary N) is 1. The molecular formula is C14H20N2O3S2. The first-order valence-electron chi connectivity index (χ1n) is 7.32. The lowest BCUT2D eigenvalue weighted by Crippen LogP contribution is -2.46. The van der Waals surface area contributed by atoms with Crippen LogP contribution in [0, 0.1) is 11.8 Å². The number of amides is 1. The lowest BCUT2D eigenvalue weighted by atomic mass is 10.1. The lowest BCUT2D eigenvalue weighted by Gasteiger charge is -2.32. The number of thiophene rings is 1. The summed E-state index contributed by atoms with van der Waals surface area (Å²) in [5.41, 5.74) is 0. The van der Waals surface area contributed by atoms with Gasteiger partial charge in [-0.05, 0) is 36.6 Å². The molecule has 1 saturated heterocycles. The predicted octanol–water partition coefficient (Wildman–Crippen LogP) is 1.67. The fourth-order valence-electron chi connectivity index (χ4n) is 2.81. The van der Waals surface area contributed by atoms with Gasteiger partial charge in [-0.1, -0.05) is 13.0 Å². The summed E-state index contributed by atoms with van der Waals surface area (Å²) in [5, 5.41) is 1.76. The average molecular weight is 328 g/mol. The lowest BCUT2D eigenvalue weighted by molar-refractivity contribution is -0.133. The largest absolute Gasteiger partial charge is 0.342 e. The molecule has 0 radical (unpaired) electrons. The van der Waals surface area contributed by atoms with E-state index in [1.165, 1.54) is 11.3 Å². The van der Waals surface area contributed by atoms with Crippen LogP contribution in [0.15, 0.2) is 21.7 Å². The van der Waals surface area contributed by atoms with Crippen LogP contribution in [0.4, 0.5) is 0 Å². The van der Waals surface area contributed by atoms with Gasteiger partial charge < -0.3 is 4.90 Å². The number of piperidine rings is 1. The minimum atomic E-state index is -3.40. The SMILES string of the molecule is CC1CC1C(=O)N1CCC(NS(=O)(=O)c2cccs2)CC1. The Hall–Kier alpha value is -0.920. The zero-order chi connectivity index (χ0) is 15.0. The standard InChI is InChI=1S/C14H20N2O3S2/c1-10-9-12(10)14(17)16-6-4-11(5-7-16)15-21(18,19)13-3-2-8-20-13/h2-3,8,10-12,15H,4-7,9H2,1H3. The smallest absolute Gasteiger partial charge is 0.250 e. The second-order valence-electron chi connectivity index (χ2n) is 5.97. The number of carbonyl (C=O) groups is 1. The Morgan fingerprint density at radius 2 is 2.05 bits per heavy atom. The summed E-state index contributed by atoms with van der Waals surface area (Å²) in [4.78, 5) is 14.0. The van der Waals surface area contributed by atoms with Gasteiger partial charge in [-0.2, -0.15) is 0 Å². The van der Waals surface area contributed by atoms with E-state index >= 15 is 0 Å². The molecule has 2 fully saturated rings. The zero-order valence-corrected chi connectivity index (χ0v) is 13.6. The fourth-order valence-corrected chi connectivity index (χ4v) is 5.13. The zero-order valence-electron chi connectivity index (χ0n) is 12.0. The second kappa shape index (κ2) is 5.70. The van der Waals surface area contributed by atoms with Gasteiger partial charge in [-0.15, -0.1) is 11.3 Å². The molecule has 21 heavy (non-hydrogen) atoms. The number of hydrogen-bond donors (Lipinski definition) is 1. The molecule has 0 aromatic carbocycles. The molecule has 116 valence electrons. The fraction of sp³-hybridized carbons (Fsp3) is 0.643. The summed E-state index contributed by atoms with van der Waals surface area (Å²) in [5.74, 6) is 0.985. The molecule has 2 atom stereocenters. The second-order valence-corrected chi connectivity index (χ2v) is 8.86. The van der Waals surface area contributed by atoms with Crippen LogP contribution in [0.5, 0.6) is 0 Å². The molecule has 7 heteroatoms. The third-order valence-electron chi connectivity index (χ3n) is 4.32. The maximum Gasteiger partial charge on any atom is 0.250 e. The minimum absolute atomic E-state index is 0.0715. The van der Waals surface area contributed by atoms with Gasteiger partial charge in [0.25, 0.3) is 0 Å². The molecule has 1 N–H and O–H groups in total. The highest BCUT2D eigenvalue weighted by Gasteiger charge is 2.42. The van der Waals surface area contributed by atoms with Crippen LogP contribution in [-0.4, -0.2) is 38.4 Å². The van der Waals surface area contributed by atoms with Crippen molar-refractivity contribution in [3.8, 4) is 0 Å². The van der Waals surface area contributed by atoms with E-state index in [1.54, 1.807) is 17.5 Å². The van der Waals surface area contributed by atoms with E-state index in [-0.39, 0.29) is 17.9 Å². The molecule has 5 nitrogen and oxygen atoms in total. The van der Waals surface area contributed by atoms with E-state index in [9.17, 15) is 13.2 Å².